The van der Waals surface area contributed by atoms with Gasteiger partial charge >= 0.3 is 0 Å². The minimum Gasteiger partial charge on any atom is -0.496 e. The summed E-state index contributed by atoms with van der Waals surface area (Å²) in [6.07, 6.45) is 1.31. The fourth-order valence-corrected chi connectivity index (χ4v) is 2.86. The second-order valence-corrected chi connectivity index (χ2v) is 6.35. The zero-order valence-corrected chi connectivity index (χ0v) is 16.2. The molecule has 0 aliphatic heterocycles. The van der Waals surface area contributed by atoms with Crippen molar-refractivity contribution in [2.75, 3.05) is 12.4 Å². The second-order valence-electron chi connectivity index (χ2n) is 5.97. The summed E-state index contributed by atoms with van der Waals surface area (Å²) < 4.78 is 6.21. The van der Waals surface area contributed by atoms with Crippen molar-refractivity contribution >= 4 is 28.7 Å². The molecule has 1 N–H and O–H groups in total. The van der Waals surface area contributed by atoms with Gasteiger partial charge in [-0.05, 0) is 18.2 Å². The van der Waals surface area contributed by atoms with Crippen molar-refractivity contribution in [2.45, 2.75) is 6.54 Å². The smallest absolute Gasteiger partial charge is 0.292 e. The Kier molecular flexibility index (Phi) is 5.93. The highest BCUT2D eigenvalue weighted by Gasteiger charge is 2.15. The number of anilines is 1. The molecule has 0 fully saturated rings. The highest BCUT2D eigenvalue weighted by Crippen LogP contribution is 2.26. The topological polar surface area (TPSA) is 142 Å². The van der Waals surface area contributed by atoms with Gasteiger partial charge in [-0.2, -0.15) is 9.78 Å². The first-order chi connectivity index (χ1) is 14.3. The van der Waals surface area contributed by atoms with Crippen LogP contribution in [0, 0.1) is 20.2 Å². The summed E-state index contributed by atoms with van der Waals surface area (Å²) >= 11 is 6.17. The molecular formula is C18H14ClN5O6. The van der Waals surface area contributed by atoms with Crippen LogP contribution in [0.25, 0.3) is 5.69 Å². The number of nitrogens with zero attached hydrogens (tertiary/aromatic N) is 4. The molecule has 0 amide bonds. The Morgan fingerprint density at radius 2 is 1.73 bits per heavy atom. The van der Waals surface area contributed by atoms with Gasteiger partial charge in [0.25, 0.3) is 16.9 Å². The minimum absolute atomic E-state index is 0.0905. The number of aromatic nitrogens is 2. The molecule has 0 atom stereocenters. The quantitative estimate of drug-likeness (QED) is 0.443. The molecule has 0 bridgehead atoms. The number of nitro groups is 2. The number of halogens is 1. The molecule has 11 nitrogen and oxygen atoms in total. The summed E-state index contributed by atoms with van der Waals surface area (Å²) in [4.78, 5) is 33.2. The van der Waals surface area contributed by atoms with E-state index in [1.165, 1.54) is 55.8 Å². The average Bonchev–Trinajstić information content (AvgIpc) is 2.74. The average molecular weight is 432 g/mol. The lowest BCUT2D eigenvalue weighted by Gasteiger charge is -2.12. The van der Waals surface area contributed by atoms with Crippen molar-refractivity contribution < 1.29 is 14.6 Å². The van der Waals surface area contributed by atoms with Gasteiger partial charge in [0.15, 0.2) is 0 Å². The van der Waals surface area contributed by atoms with Crippen LogP contribution in [0.5, 0.6) is 5.75 Å². The van der Waals surface area contributed by atoms with E-state index in [1.54, 1.807) is 0 Å². The van der Waals surface area contributed by atoms with Crippen LogP contribution >= 0.6 is 11.6 Å². The molecule has 0 aliphatic rings. The summed E-state index contributed by atoms with van der Waals surface area (Å²) in [5.74, 6) is 0.427. The number of methoxy groups -OCH3 is 1. The summed E-state index contributed by atoms with van der Waals surface area (Å²) in [6, 6.07) is 9.40. The van der Waals surface area contributed by atoms with E-state index < -0.39 is 15.4 Å². The van der Waals surface area contributed by atoms with Crippen molar-refractivity contribution in [3.8, 4) is 11.4 Å². The zero-order valence-electron chi connectivity index (χ0n) is 15.4. The normalized spacial score (nSPS) is 10.5. The molecule has 2 aromatic carbocycles. The highest BCUT2D eigenvalue weighted by atomic mass is 35.5. The predicted octanol–water partition coefficient (Wildman–Crippen LogP) is 3.32. The molecule has 3 rings (SSSR count). The summed E-state index contributed by atoms with van der Waals surface area (Å²) in [5, 5.41) is 28.5. The van der Waals surface area contributed by atoms with Crippen LogP contribution in [0.1, 0.15) is 5.56 Å². The maximum Gasteiger partial charge on any atom is 0.292 e. The van der Waals surface area contributed by atoms with Gasteiger partial charge in [0.2, 0.25) is 0 Å². The fourth-order valence-electron chi connectivity index (χ4n) is 2.66. The van der Waals surface area contributed by atoms with Crippen LogP contribution in [0.3, 0.4) is 0 Å². The molecule has 0 saturated carbocycles. The number of hydrogen-bond acceptors (Lipinski definition) is 8. The Bertz CT molecular complexity index is 1180. The molecule has 154 valence electrons. The van der Waals surface area contributed by atoms with Gasteiger partial charge in [0.1, 0.15) is 10.8 Å². The molecule has 0 spiro atoms. The third-order valence-electron chi connectivity index (χ3n) is 4.17. The number of rotatable bonds is 7. The Morgan fingerprint density at radius 3 is 2.33 bits per heavy atom. The minimum atomic E-state index is -0.637. The van der Waals surface area contributed by atoms with E-state index in [0.29, 0.717) is 17.0 Å². The van der Waals surface area contributed by atoms with Gasteiger partial charge in [-0.1, -0.05) is 11.6 Å². The molecule has 0 unspecified atom stereocenters. The molecule has 30 heavy (non-hydrogen) atoms. The fraction of sp³-hybridized carbons (Fsp3) is 0.111. The first-order valence-corrected chi connectivity index (χ1v) is 8.77. The lowest BCUT2D eigenvalue weighted by Crippen LogP contribution is -2.22. The van der Waals surface area contributed by atoms with Gasteiger partial charge in [-0.15, -0.1) is 0 Å². The van der Waals surface area contributed by atoms with Gasteiger partial charge < -0.3 is 10.1 Å². The number of non-ortho nitro benzene ring substituents is 2. The summed E-state index contributed by atoms with van der Waals surface area (Å²) in [6.45, 7) is 0.0905. The maximum atomic E-state index is 12.6. The van der Waals surface area contributed by atoms with Gasteiger partial charge in [0.05, 0.1) is 34.5 Å². The predicted molar refractivity (Wildman–Crippen MR) is 108 cm³/mol. The second kappa shape index (κ2) is 8.57. The van der Waals surface area contributed by atoms with E-state index >= 15 is 0 Å². The summed E-state index contributed by atoms with van der Waals surface area (Å²) in [5.41, 5.74) is 0.143. The highest BCUT2D eigenvalue weighted by molar-refractivity contribution is 6.32. The molecule has 1 aromatic heterocycles. The van der Waals surface area contributed by atoms with Crippen LogP contribution in [0.15, 0.2) is 53.5 Å². The number of ether oxygens (including phenoxy) is 1. The van der Waals surface area contributed by atoms with Crippen LogP contribution < -0.4 is 15.6 Å². The van der Waals surface area contributed by atoms with Gasteiger partial charge in [-0.25, -0.2) is 0 Å². The van der Waals surface area contributed by atoms with Crippen LogP contribution in [-0.2, 0) is 6.54 Å². The Balaban J connectivity index is 1.86. The van der Waals surface area contributed by atoms with E-state index in [-0.39, 0.29) is 28.6 Å². The molecule has 0 saturated heterocycles. The third kappa shape index (κ3) is 4.20. The lowest BCUT2D eigenvalue weighted by atomic mass is 10.1. The molecule has 0 aliphatic carbocycles. The van der Waals surface area contributed by atoms with E-state index in [2.05, 4.69) is 10.4 Å². The lowest BCUT2D eigenvalue weighted by molar-refractivity contribution is -0.385. The number of benzene rings is 2. The molecule has 0 radical (unpaired) electrons. The van der Waals surface area contributed by atoms with E-state index in [0.717, 1.165) is 4.68 Å². The molecule has 3 aromatic rings. The molecular weight excluding hydrogens is 418 g/mol. The van der Waals surface area contributed by atoms with Gasteiger partial charge in [-0.3, -0.25) is 25.0 Å². The van der Waals surface area contributed by atoms with E-state index in [9.17, 15) is 25.0 Å². The Hall–Kier alpha value is -3.99. The Morgan fingerprint density at radius 1 is 1.10 bits per heavy atom. The largest absolute Gasteiger partial charge is 0.496 e. The van der Waals surface area contributed by atoms with Crippen molar-refractivity contribution in [1.82, 2.24) is 9.78 Å². The van der Waals surface area contributed by atoms with E-state index in [1.807, 2.05) is 0 Å². The standard InChI is InChI=1S/C18H14ClN5O6/c1-30-16-7-6-14(24(28)29)8-11(16)9-20-15-10-21-22(18(25)17(15)19)12-2-4-13(5-3-12)23(26)27/h2-8,10,20H,9H2,1H3. The van der Waals surface area contributed by atoms with Crippen molar-refractivity contribution in [3.05, 3.63) is 89.8 Å². The number of nitro benzene ring substituents is 2. The summed E-state index contributed by atoms with van der Waals surface area (Å²) in [7, 11) is 1.44. The first-order valence-electron chi connectivity index (χ1n) is 8.39. The zero-order chi connectivity index (χ0) is 21.8. The Labute approximate surface area is 173 Å². The van der Waals surface area contributed by atoms with Crippen LogP contribution in [0.4, 0.5) is 17.1 Å². The number of hydrogen-bond donors (Lipinski definition) is 1. The van der Waals surface area contributed by atoms with E-state index in [4.69, 9.17) is 16.3 Å². The monoisotopic (exact) mass is 431 g/mol. The third-order valence-corrected chi connectivity index (χ3v) is 4.53. The maximum absolute atomic E-state index is 12.6. The first kappa shape index (κ1) is 20.7. The molecule has 1 heterocycles. The van der Waals surface area contributed by atoms with Crippen molar-refractivity contribution in [3.63, 3.8) is 0 Å². The molecule has 12 heteroatoms. The van der Waals surface area contributed by atoms with Gasteiger partial charge in [0, 0.05) is 36.4 Å². The number of nitrogens with one attached hydrogen (secondary N) is 1. The van der Waals surface area contributed by atoms with Crippen molar-refractivity contribution in [1.29, 1.82) is 0 Å². The van der Waals surface area contributed by atoms with Crippen LogP contribution in [-0.4, -0.2) is 26.7 Å². The SMILES string of the molecule is COc1ccc([N+](=O)[O-])cc1CNc1cnn(-c2ccc([N+](=O)[O-])cc2)c(=O)c1Cl. The van der Waals surface area contributed by atoms with Crippen LogP contribution in [0.2, 0.25) is 5.02 Å². The van der Waals surface area contributed by atoms with Crippen molar-refractivity contribution in [2.24, 2.45) is 0 Å².